The van der Waals surface area contributed by atoms with Gasteiger partial charge < -0.3 is 9.80 Å². The summed E-state index contributed by atoms with van der Waals surface area (Å²) in [6.45, 7) is 6.72. The van der Waals surface area contributed by atoms with Crippen LogP contribution >= 0.6 is 0 Å². The summed E-state index contributed by atoms with van der Waals surface area (Å²) >= 11 is 0. The molecule has 1 fully saturated rings. The molecule has 0 aliphatic carbocycles. The highest BCUT2D eigenvalue weighted by Gasteiger charge is 2.22. The molecule has 0 saturated carbocycles. The molecule has 0 bridgehead atoms. The van der Waals surface area contributed by atoms with Crippen LogP contribution in [0.3, 0.4) is 0 Å². The summed E-state index contributed by atoms with van der Waals surface area (Å²) in [5.41, 5.74) is 2.70. The van der Waals surface area contributed by atoms with Crippen LogP contribution in [0, 0.1) is 31.0 Å². The number of nitriles is 1. The van der Waals surface area contributed by atoms with Gasteiger partial charge in [-0.3, -0.25) is 0 Å². The van der Waals surface area contributed by atoms with Gasteiger partial charge in [0.2, 0.25) is 0 Å². The lowest BCUT2D eigenvalue weighted by Crippen LogP contribution is -2.47. The van der Waals surface area contributed by atoms with Crippen LogP contribution in [-0.4, -0.2) is 46.2 Å². The number of aromatic nitrogens is 4. The van der Waals surface area contributed by atoms with Gasteiger partial charge in [0, 0.05) is 31.9 Å². The Balaban J connectivity index is 1.47. The van der Waals surface area contributed by atoms with Gasteiger partial charge in [-0.25, -0.2) is 9.07 Å². The number of rotatable bonds is 3. The second kappa shape index (κ2) is 7.27. The van der Waals surface area contributed by atoms with Gasteiger partial charge >= 0.3 is 0 Å². The van der Waals surface area contributed by atoms with E-state index in [-0.39, 0.29) is 5.56 Å². The molecule has 0 spiro atoms. The predicted molar refractivity (Wildman–Crippen MR) is 104 cm³/mol. The van der Waals surface area contributed by atoms with E-state index >= 15 is 0 Å². The van der Waals surface area contributed by atoms with E-state index in [2.05, 4.69) is 20.2 Å². The average molecular weight is 377 g/mol. The monoisotopic (exact) mass is 377 g/mol. The Morgan fingerprint density at radius 2 is 1.64 bits per heavy atom. The van der Waals surface area contributed by atoms with Crippen molar-refractivity contribution in [3.05, 3.63) is 59.2 Å². The maximum absolute atomic E-state index is 13.9. The van der Waals surface area contributed by atoms with Gasteiger partial charge in [0.05, 0.1) is 11.4 Å². The van der Waals surface area contributed by atoms with Crippen LogP contribution in [0.15, 0.2) is 36.4 Å². The van der Waals surface area contributed by atoms with Crippen LogP contribution in [0.5, 0.6) is 0 Å². The van der Waals surface area contributed by atoms with Crippen LogP contribution in [0.2, 0.25) is 0 Å². The molecule has 0 amide bonds. The lowest BCUT2D eigenvalue weighted by atomic mass is 10.1. The van der Waals surface area contributed by atoms with Crippen LogP contribution in [0.25, 0.3) is 5.82 Å². The summed E-state index contributed by atoms with van der Waals surface area (Å²) < 4.78 is 15.6. The number of aryl methyl sites for hydroxylation is 2. The van der Waals surface area contributed by atoms with Crippen molar-refractivity contribution in [2.24, 2.45) is 0 Å². The van der Waals surface area contributed by atoms with Gasteiger partial charge in [0.25, 0.3) is 0 Å². The lowest BCUT2D eigenvalue weighted by Gasteiger charge is -2.36. The largest absolute Gasteiger partial charge is 0.367 e. The predicted octanol–water partition coefficient (Wildman–Crippen LogP) is 2.62. The summed E-state index contributed by atoms with van der Waals surface area (Å²) in [5, 5.41) is 22.4. The zero-order chi connectivity index (χ0) is 19.7. The number of nitrogens with zero attached hydrogens (tertiary/aromatic N) is 7. The third kappa shape index (κ3) is 3.27. The molecule has 8 heteroatoms. The minimum Gasteiger partial charge on any atom is -0.367 e. The fourth-order valence-electron chi connectivity index (χ4n) is 3.52. The van der Waals surface area contributed by atoms with Crippen molar-refractivity contribution in [3.63, 3.8) is 0 Å². The van der Waals surface area contributed by atoms with Crippen LogP contribution < -0.4 is 9.80 Å². The highest BCUT2D eigenvalue weighted by molar-refractivity contribution is 5.60. The van der Waals surface area contributed by atoms with E-state index in [1.54, 1.807) is 16.8 Å². The second-order valence-corrected chi connectivity index (χ2v) is 6.81. The first-order chi connectivity index (χ1) is 13.6. The van der Waals surface area contributed by atoms with Crippen LogP contribution in [0.1, 0.15) is 17.0 Å². The Hall–Kier alpha value is -3.47. The van der Waals surface area contributed by atoms with Gasteiger partial charge in [0.15, 0.2) is 11.6 Å². The summed E-state index contributed by atoms with van der Waals surface area (Å²) in [6, 6.07) is 12.6. The number of halogens is 1. The van der Waals surface area contributed by atoms with E-state index < -0.39 is 5.82 Å². The molecule has 2 aromatic heterocycles. The normalized spacial score (nSPS) is 14.2. The van der Waals surface area contributed by atoms with Crippen molar-refractivity contribution in [1.82, 2.24) is 20.0 Å². The topological polar surface area (TPSA) is 73.9 Å². The van der Waals surface area contributed by atoms with Gasteiger partial charge in [-0.2, -0.15) is 10.4 Å². The molecule has 0 unspecified atom stereocenters. The number of anilines is 2. The van der Waals surface area contributed by atoms with Crippen molar-refractivity contribution in [2.75, 3.05) is 36.0 Å². The molecule has 0 radical (unpaired) electrons. The van der Waals surface area contributed by atoms with Gasteiger partial charge in [0.1, 0.15) is 17.4 Å². The zero-order valence-corrected chi connectivity index (χ0v) is 15.8. The van der Waals surface area contributed by atoms with Gasteiger partial charge in [-0.1, -0.05) is 6.07 Å². The summed E-state index contributed by atoms with van der Waals surface area (Å²) in [6.07, 6.45) is 0. The van der Waals surface area contributed by atoms with Crippen molar-refractivity contribution >= 4 is 11.5 Å². The fraction of sp³-hybridized carbons (Fsp3) is 0.300. The molecule has 28 heavy (non-hydrogen) atoms. The van der Waals surface area contributed by atoms with E-state index in [1.807, 2.05) is 43.0 Å². The Labute approximate surface area is 162 Å². The molecule has 1 aromatic carbocycles. The van der Waals surface area contributed by atoms with E-state index in [0.29, 0.717) is 24.6 Å². The first-order valence-corrected chi connectivity index (χ1v) is 9.12. The fourth-order valence-corrected chi connectivity index (χ4v) is 3.52. The molecule has 4 rings (SSSR count). The van der Waals surface area contributed by atoms with Crippen molar-refractivity contribution < 1.29 is 4.39 Å². The Bertz CT molecular complexity index is 1030. The highest BCUT2D eigenvalue weighted by atomic mass is 19.1. The average Bonchev–Trinajstić information content (AvgIpc) is 3.06. The minimum atomic E-state index is -0.479. The molecule has 3 aromatic rings. The maximum Gasteiger partial charge on any atom is 0.176 e. The van der Waals surface area contributed by atoms with Crippen LogP contribution in [0.4, 0.5) is 15.9 Å². The third-order valence-corrected chi connectivity index (χ3v) is 4.91. The lowest BCUT2D eigenvalue weighted by molar-refractivity contribution is 0.614. The second-order valence-electron chi connectivity index (χ2n) is 6.81. The first-order valence-electron chi connectivity index (χ1n) is 9.12. The molecular formula is C20H20FN7. The maximum atomic E-state index is 13.9. The van der Waals surface area contributed by atoms with E-state index in [9.17, 15) is 9.65 Å². The van der Waals surface area contributed by atoms with Gasteiger partial charge in [-0.15, -0.1) is 10.2 Å². The van der Waals surface area contributed by atoms with Crippen molar-refractivity contribution in [1.29, 1.82) is 5.26 Å². The Kier molecular flexibility index (Phi) is 4.65. The molecule has 142 valence electrons. The van der Waals surface area contributed by atoms with E-state index in [0.717, 1.165) is 30.3 Å². The minimum absolute atomic E-state index is 0.102. The summed E-state index contributed by atoms with van der Waals surface area (Å²) in [4.78, 5) is 4.18. The molecule has 1 aliphatic rings. The van der Waals surface area contributed by atoms with E-state index in [1.165, 1.54) is 6.07 Å². The quantitative estimate of drug-likeness (QED) is 0.699. The molecular weight excluding hydrogens is 357 g/mol. The Morgan fingerprint density at radius 1 is 0.964 bits per heavy atom. The highest BCUT2D eigenvalue weighted by Crippen LogP contribution is 2.24. The molecule has 0 N–H and O–H groups in total. The molecule has 3 heterocycles. The third-order valence-electron chi connectivity index (χ3n) is 4.91. The zero-order valence-electron chi connectivity index (χ0n) is 15.8. The molecule has 1 saturated heterocycles. The Morgan fingerprint density at radius 3 is 2.25 bits per heavy atom. The SMILES string of the molecule is Cc1cc(C)n(-c2ccc(N3CCN(c4cccc(F)c4C#N)CC3)nn2)n1. The van der Waals surface area contributed by atoms with Gasteiger partial charge in [-0.05, 0) is 44.2 Å². The molecule has 0 atom stereocenters. The smallest absolute Gasteiger partial charge is 0.176 e. The summed E-state index contributed by atoms with van der Waals surface area (Å²) in [5.74, 6) is 1.00. The first kappa shape index (κ1) is 17.9. The number of benzene rings is 1. The van der Waals surface area contributed by atoms with E-state index in [4.69, 9.17) is 0 Å². The summed E-state index contributed by atoms with van der Waals surface area (Å²) in [7, 11) is 0. The molecule has 7 nitrogen and oxygen atoms in total. The number of hydrogen-bond donors (Lipinski definition) is 0. The molecule has 1 aliphatic heterocycles. The number of hydrogen-bond acceptors (Lipinski definition) is 6. The van der Waals surface area contributed by atoms with Crippen molar-refractivity contribution in [2.45, 2.75) is 13.8 Å². The standard InChI is InChI=1S/C20H20FN7/c1-14-12-15(2)28(25-14)20-7-6-19(23-24-20)27-10-8-26(9-11-27)18-5-3-4-17(21)16(18)13-22/h3-7,12H,8-11H2,1-2H3. The van der Waals surface area contributed by atoms with Crippen LogP contribution in [-0.2, 0) is 0 Å². The van der Waals surface area contributed by atoms with Crippen molar-refractivity contribution in [3.8, 4) is 11.9 Å². The number of piperazine rings is 1.